The summed E-state index contributed by atoms with van der Waals surface area (Å²) in [4.78, 5) is 0. The number of nitrogens with two attached hydrogens (primary N) is 1. The molecule has 2 N–H and O–H groups in total. The van der Waals surface area contributed by atoms with Crippen LogP contribution in [0, 0.1) is 0 Å². The second kappa shape index (κ2) is 5.90. The SMILES string of the molecule is CCCC(N)c1cc(C(C)C)ccc1OC. The van der Waals surface area contributed by atoms with Crippen LogP contribution in [0.15, 0.2) is 18.2 Å². The van der Waals surface area contributed by atoms with Gasteiger partial charge in [0.05, 0.1) is 7.11 Å². The monoisotopic (exact) mass is 221 g/mol. The maximum Gasteiger partial charge on any atom is 0.123 e. The lowest BCUT2D eigenvalue weighted by Gasteiger charge is -2.17. The summed E-state index contributed by atoms with van der Waals surface area (Å²) in [7, 11) is 1.70. The third-order valence-corrected chi connectivity index (χ3v) is 2.92. The van der Waals surface area contributed by atoms with Crippen LogP contribution in [0.3, 0.4) is 0 Å². The van der Waals surface area contributed by atoms with E-state index < -0.39 is 0 Å². The molecule has 1 rings (SSSR count). The van der Waals surface area contributed by atoms with Crippen molar-refractivity contribution in [2.45, 2.75) is 45.6 Å². The van der Waals surface area contributed by atoms with Gasteiger partial charge in [-0.05, 0) is 24.0 Å². The zero-order valence-electron chi connectivity index (χ0n) is 10.8. The van der Waals surface area contributed by atoms with E-state index in [4.69, 9.17) is 10.5 Å². The first-order chi connectivity index (χ1) is 7.60. The average Bonchev–Trinajstić information content (AvgIpc) is 2.28. The van der Waals surface area contributed by atoms with Gasteiger partial charge in [0.1, 0.15) is 5.75 Å². The van der Waals surface area contributed by atoms with Gasteiger partial charge in [-0.15, -0.1) is 0 Å². The molecule has 0 radical (unpaired) electrons. The van der Waals surface area contributed by atoms with Crippen molar-refractivity contribution in [1.29, 1.82) is 0 Å². The lowest BCUT2D eigenvalue weighted by atomic mass is 9.95. The standard InChI is InChI=1S/C14H23NO/c1-5-6-13(15)12-9-11(10(2)3)7-8-14(12)16-4/h7-10,13H,5-6,15H2,1-4H3. The fraction of sp³-hybridized carbons (Fsp3) is 0.571. The first-order valence-corrected chi connectivity index (χ1v) is 6.03. The van der Waals surface area contributed by atoms with Crippen LogP contribution in [0.1, 0.15) is 56.7 Å². The number of methoxy groups -OCH3 is 1. The number of benzene rings is 1. The molecular formula is C14H23NO. The minimum atomic E-state index is 0.0821. The van der Waals surface area contributed by atoms with Gasteiger partial charge in [-0.3, -0.25) is 0 Å². The Balaban J connectivity index is 3.06. The van der Waals surface area contributed by atoms with Crippen LogP contribution in [0.25, 0.3) is 0 Å². The molecule has 2 nitrogen and oxygen atoms in total. The van der Waals surface area contributed by atoms with Crippen molar-refractivity contribution in [2.75, 3.05) is 7.11 Å². The molecule has 1 aromatic carbocycles. The molecule has 1 unspecified atom stereocenters. The van der Waals surface area contributed by atoms with Gasteiger partial charge >= 0.3 is 0 Å². The van der Waals surface area contributed by atoms with Gasteiger partial charge in [-0.2, -0.15) is 0 Å². The van der Waals surface area contributed by atoms with Crippen molar-refractivity contribution in [3.63, 3.8) is 0 Å². The molecule has 0 aliphatic rings. The maximum absolute atomic E-state index is 6.17. The average molecular weight is 221 g/mol. The number of hydrogen-bond donors (Lipinski definition) is 1. The summed E-state index contributed by atoms with van der Waals surface area (Å²) in [6.45, 7) is 6.53. The van der Waals surface area contributed by atoms with Crippen molar-refractivity contribution in [1.82, 2.24) is 0 Å². The van der Waals surface area contributed by atoms with E-state index in [9.17, 15) is 0 Å². The van der Waals surface area contributed by atoms with Crippen molar-refractivity contribution >= 4 is 0 Å². The van der Waals surface area contributed by atoms with Crippen LogP contribution in [0.2, 0.25) is 0 Å². The Hall–Kier alpha value is -1.02. The van der Waals surface area contributed by atoms with Crippen LogP contribution in [-0.2, 0) is 0 Å². The third-order valence-electron chi connectivity index (χ3n) is 2.92. The van der Waals surface area contributed by atoms with Crippen molar-refractivity contribution in [3.05, 3.63) is 29.3 Å². The highest BCUT2D eigenvalue weighted by molar-refractivity contribution is 5.40. The fourth-order valence-electron chi connectivity index (χ4n) is 1.87. The van der Waals surface area contributed by atoms with Crippen LogP contribution in [0.5, 0.6) is 5.75 Å². The first-order valence-electron chi connectivity index (χ1n) is 6.03. The van der Waals surface area contributed by atoms with E-state index in [0.717, 1.165) is 24.2 Å². The van der Waals surface area contributed by atoms with Crippen molar-refractivity contribution in [2.24, 2.45) is 5.73 Å². The molecule has 0 aliphatic carbocycles. The third kappa shape index (κ3) is 2.99. The number of ether oxygens (including phenoxy) is 1. The molecule has 0 aliphatic heterocycles. The Morgan fingerprint density at radius 1 is 1.31 bits per heavy atom. The van der Waals surface area contributed by atoms with Gasteiger partial charge in [0.25, 0.3) is 0 Å². The second-order valence-electron chi connectivity index (χ2n) is 4.55. The van der Waals surface area contributed by atoms with Crippen LogP contribution < -0.4 is 10.5 Å². The molecule has 16 heavy (non-hydrogen) atoms. The summed E-state index contributed by atoms with van der Waals surface area (Å²) in [6.07, 6.45) is 2.09. The molecule has 1 aromatic rings. The molecule has 90 valence electrons. The molecule has 1 atom stereocenters. The summed E-state index contributed by atoms with van der Waals surface area (Å²) in [6, 6.07) is 6.41. The minimum absolute atomic E-state index is 0.0821. The largest absolute Gasteiger partial charge is 0.496 e. The lowest BCUT2D eigenvalue weighted by molar-refractivity contribution is 0.403. The normalized spacial score (nSPS) is 12.9. The number of rotatable bonds is 5. The predicted molar refractivity (Wildman–Crippen MR) is 68.9 cm³/mol. The highest BCUT2D eigenvalue weighted by atomic mass is 16.5. The first kappa shape index (κ1) is 13.0. The van der Waals surface area contributed by atoms with Gasteiger partial charge < -0.3 is 10.5 Å². The summed E-state index contributed by atoms with van der Waals surface area (Å²) < 4.78 is 5.37. The highest BCUT2D eigenvalue weighted by Crippen LogP contribution is 2.29. The summed E-state index contributed by atoms with van der Waals surface area (Å²) in [5.41, 5.74) is 8.63. The van der Waals surface area contributed by atoms with E-state index in [1.165, 1.54) is 5.56 Å². The molecule has 0 saturated carbocycles. The second-order valence-corrected chi connectivity index (χ2v) is 4.55. The van der Waals surface area contributed by atoms with E-state index in [0.29, 0.717) is 5.92 Å². The van der Waals surface area contributed by atoms with Gasteiger partial charge in [0.2, 0.25) is 0 Å². The van der Waals surface area contributed by atoms with Crippen LogP contribution in [-0.4, -0.2) is 7.11 Å². The molecule has 0 aromatic heterocycles. The Morgan fingerprint density at radius 2 is 2.00 bits per heavy atom. The van der Waals surface area contributed by atoms with Gasteiger partial charge in [-0.1, -0.05) is 39.3 Å². The lowest BCUT2D eigenvalue weighted by Crippen LogP contribution is -2.11. The number of hydrogen-bond acceptors (Lipinski definition) is 2. The Labute approximate surface area is 98.8 Å². The van der Waals surface area contributed by atoms with Crippen LogP contribution in [0.4, 0.5) is 0 Å². The summed E-state index contributed by atoms with van der Waals surface area (Å²) in [5.74, 6) is 1.43. The Morgan fingerprint density at radius 3 is 2.50 bits per heavy atom. The minimum Gasteiger partial charge on any atom is -0.496 e. The Kier molecular flexibility index (Phi) is 4.81. The molecule has 0 heterocycles. The maximum atomic E-state index is 6.17. The van der Waals surface area contributed by atoms with E-state index in [1.807, 2.05) is 6.07 Å². The van der Waals surface area contributed by atoms with Crippen molar-refractivity contribution < 1.29 is 4.74 Å². The smallest absolute Gasteiger partial charge is 0.123 e. The zero-order chi connectivity index (χ0) is 12.1. The summed E-state index contributed by atoms with van der Waals surface area (Å²) in [5, 5.41) is 0. The Bertz CT molecular complexity index is 334. The zero-order valence-corrected chi connectivity index (χ0v) is 10.8. The molecule has 0 fully saturated rings. The summed E-state index contributed by atoms with van der Waals surface area (Å²) >= 11 is 0. The van der Waals surface area contributed by atoms with E-state index in [-0.39, 0.29) is 6.04 Å². The van der Waals surface area contributed by atoms with Gasteiger partial charge in [-0.25, -0.2) is 0 Å². The van der Waals surface area contributed by atoms with E-state index >= 15 is 0 Å². The van der Waals surface area contributed by atoms with Crippen molar-refractivity contribution in [3.8, 4) is 5.75 Å². The topological polar surface area (TPSA) is 35.2 Å². The quantitative estimate of drug-likeness (QED) is 0.824. The van der Waals surface area contributed by atoms with E-state index in [1.54, 1.807) is 7.11 Å². The van der Waals surface area contributed by atoms with Crippen LogP contribution >= 0.6 is 0 Å². The molecule has 2 heteroatoms. The highest BCUT2D eigenvalue weighted by Gasteiger charge is 2.12. The molecule has 0 amide bonds. The van der Waals surface area contributed by atoms with E-state index in [2.05, 4.69) is 32.9 Å². The molecular weight excluding hydrogens is 198 g/mol. The molecule has 0 bridgehead atoms. The fourth-order valence-corrected chi connectivity index (χ4v) is 1.87. The van der Waals surface area contributed by atoms with Gasteiger partial charge in [0.15, 0.2) is 0 Å². The predicted octanol–water partition coefficient (Wildman–Crippen LogP) is 3.62. The molecule has 0 saturated heterocycles. The van der Waals surface area contributed by atoms with Gasteiger partial charge in [0, 0.05) is 11.6 Å². The molecule has 0 spiro atoms.